The molecular formula is C12H23NO3. The second kappa shape index (κ2) is 7.63. The Kier molecular flexibility index (Phi) is 6.42. The first kappa shape index (κ1) is 13.5. The highest BCUT2D eigenvalue weighted by Gasteiger charge is 2.26. The van der Waals surface area contributed by atoms with E-state index >= 15 is 0 Å². The number of aliphatic carboxylic acids is 1. The van der Waals surface area contributed by atoms with Crippen molar-refractivity contribution in [2.75, 3.05) is 26.3 Å². The lowest BCUT2D eigenvalue weighted by atomic mass is 10.1. The van der Waals surface area contributed by atoms with Crippen molar-refractivity contribution in [3.05, 3.63) is 0 Å². The van der Waals surface area contributed by atoms with Gasteiger partial charge in [0.15, 0.2) is 0 Å². The Morgan fingerprint density at radius 3 is 2.56 bits per heavy atom. The van der Waals surface area contributed by atoms with Gasteiger partial charge in [-0.25, -0.2) is 0 Å². The van der Waals surface area contributed by atoms with Crippen molar-refractivity contribution in [1.82, 2.24) is 4.90 Å². The number of carbonyl (C=O) groups is 1. The van der Waals surface area contributed by atoms with Crippen LogP contribution in [0, 0.1) is 0 Å². The summed E-state index contributed by atoms with van der Waals surface area (Å²) in [5.41, 5.74) is 0. The van der Waals surface area contributed by atoms with Crippen LogP contribution in [0.25, 0.3) is 0 Å². The zero-order valence-electron chi connectivity index (χ0n) is 10.2. The first-order valence-corrected chi connectivity index (χ1v) is 6.30. The molecule has 1 aliphatic rings. The molecule has 0 aromatic heterocycles. The third-order valence-electron chi connectivity index (χ3n) is 3.10. The quantitative estimate of drug-likeness (QED) is 0.676. The normalized spacial score (nSPS) is 19.6. The summed E-state index contributed by atoms with van der Waals surface area (Å²) in [7, 11) is 0. The number of carboxylic acid groups (broad SMARTS) is 1. The van der Waals surface area contributed by atoms with E-state index in [4.69, 9.17) is 4.74 Å². The van der Waals surface area contributed by atoms with E-state index in [2.05, 4.69) is 6.92 Å². The fraction of sp³-hybridized carbons (Fsp3) is 0.917. The smallest absolute Gasteiger partial charge is 0.320 e. The van der Waals surface area contributed by atoms with Gasteiger partial charge in [-0.1, -0.05) is 32.6 Å². The summed E-state index contributed by atoms with van der Waals surface area (Å²) in [6.07, 6.45) is 5.33. The minimum atomic E-state index is -0.682. The Morgan fingerprint density at radius 2 is 2.00 bits per heavy atom. The van der Waals surface area contributed by atoms with Gasteiger partial charge in [0, 0.05) is 13.1 Å². The lowest BCUT2D eigenvalue weighted by Gasteiger charge is -2.31. The molecule has 4 nitrogen and oxygen atoms in total. The molecule has 0 aliphatic carbocycles. The van der Waals surface area contributed by atoms with Crippen LogP contribution >= 0.6 is 0 Å². The highest BCUT2D eigenvalue weighted by Crippen LogP contribution is 2.13. The summed E-state index contributed by atoms with van der Waals surface area (Å²) in [4.78, 5) is 13.2. The monoisotopic (exact) mass is 229 g/mol. The molecule has 0 aromatic rings. The fourth-order valence-electron chi connectivity index (χ4n) is 2.12. The van der Waals surface area contributed by atoms with E-state index in [1.54, 1.807) is 0 Å². The van der Waals surface area contributed by atoms with E-state index < -0.39 is 5.97 Å². The first-order chi connectivity index (χ1) is 7.75. The Bertz CT molecular complexity index is 202. The van der Waals surface area contributed by atoms with Gasteiger partial charge in [0.2, 0.25) is 0 Å². The van der Waals surface area contributed by atoms with Gasteiger partial charge in [-0.05, 0) is 6.42 Å². The van der Waals surface area contributed by atoms with Gasteiger partial charge in [-0.15, -0.1) is 0 Å². The molecule has 16 heavy (non-hydrogen) atoms. The van der Waals surface area contributed by atoms with E-state index in [1.165, 1.54) is 12.8 Å². The number of carboxylic acids is 1. The van der Waals surface area contributed by atoms with E-state index in [0.29, 0.717) is 13.2 Å². The second-order valence-corrected chi connectivity index (χ2v) is 4.35. The number of hydrogen-bond acceptors (Lipinski definition) is 3. The van der Waals surface area contributed by atoms with Crippen LogP contribution in [0.4, 0.5) is 0 Å². The maximum absolute atomic E-state index is 11.2. The molecule has 0 aromatic carbocycles. The van der Waals surface area contributed by atoms with Crippen molar-refractivity contribution >= 4 is 5.97 Å². The highest BCUT2D eigenvalue weighted by atomic mass is 16.5. The van der Waals surface area contributed by atoms with Gasteiger partial charge in [0.05, 0.1) is 13.2 Å². The van der Waals surface area contributed by atoms with Crippen LogP contribution in [0.15, 0.2) is 0 Å². The average molecular weight is 229 g/mol. The summed E-state index contributed by atoms with van der Waals surface area (Å²) >= 11 is 0. The molecule has 94 valence electrons. The Morgan fingerprint density at radius 1 is 1.31 bits per heavy atom. The largest absolute Gasteiger partial charge is 0.480 e. The molecule has 1 rings (SSSR count). The molecule has 1 aliphatic heterocycles. The van der Waals surface area contributed by atoms with E-state index in [0.717, 1.165) is 32.4 Å². The lowest BCUT2D eigenvalue weighted by Crippen LogP contribution is -2.47. The van der Waals surface area contributed by atoms with E-state index in [9.17, 15) is 9.90 Å². The zero-order valence-corrected chi connectivity index (χ0v) is 10.2. The minimum Gasteiger partial charge on any atom is -0.480 e. The standard InChI is InChI=1S/C12H23NO3/c1-2-3-4-5-6-11(12(14)15)13-7-9-16-10-8-13/h11H,2-10H2,1H3,(H,14,15). The number of rotatable bonds is 7. The number of unbranched alkanes of at least 4 members (excludes halogenated alkanes) is 3. The molecule has 1 fully saturated rings. The SMILES string of the molecule is CCCCCCC(C(=O)O)N1CCOCC1. The molecule has 0 spiro atoms. The van der Waals surface area contributed by atoms with E-state index in [-0.39, 0.29) is 6.04 Å². The first-order valence-electron chi connectivity index (χ1n) is 6.30. The van der Waals surface area contributed by atoms with Crippen molar-refractivity contribution in [2.24, 2.45) is 0 Å². The summed E-state index contributed by atoms with van der Waals surface area (Å²) in [6.45, 7) is 5.00. The summed E-state index contributed by atoms with van der Waals surface area (Å²) in [6, 6.07) is -0.305. The van der Waals surface area contributed by atoms with Gasteiger partial charge in [0.1, 0.15) is 6.04 Å². The molecule has 1 N–H and O–H groups in total. The Balaban J connectivity index is 2.31. The number of hydrogen-bond donors (Lipinski definition) is 1. The molecule has 1 atom stereocenters. The topological polar surface area (TPSA) is 49.8 Å². The third-order valence-corrected chi connectivity index (χ3v) is 3.10. The molecule has 1 saturated heterocycles. The molecule has 4 heteroatoms. The van der Waals surface area contributed by atoms with Crippen molar-refractivity contribution in [3.63, 3.8) is 0 Å². The predicted octanol–water partition coefficient (Wildman–Crippen LogP) is 1.74. The molecule has 0 radical (unpaired) electrons. The molecule has 1 heterocycles. The lowest BCUT2D eigenvalue weighted by molar-refractivity contribution is -0.145. The average Bonchev–Trinajstić information content (AvgIpc) is 2.30. The predicted molar refractivity (Wildman–Crippen MR) is 62.6 cm³/mol. The summed E-state index contributed by atoms with van der Waals surface area (Å²) < 4.78 is 5.24. The van der Waals surface area contributed by atoms with Crippen LogP contribution in [-0.2, 0) is 9.53 Å². The van der Waals surface area contributed by atoms with Crippen molar-refractivity contribution in [1.29, 1.82) is 0 Å². The highest BCUT2D eigenvalue weighted by molar-refractivity contribution is 5.73. The van der Waals surface area contributed by atoms with Crippen LogP contribution in [0.1, 0.15) is 39.0 Å². The Labute approximate surface area is 97.6 Å². The molecule has 0 amide bonds. The van der Waals surface area contributed by atoms with Gasteiger partial charge in [-0.2, -0.15) is 0 Å². The van der Waals surface area contributed by atoms with Gasteiger partial charge in [-0.3, -0.25) is 9.69 Å². The van der Waals surface area contributed by atoms with Crippen LogP contribution in [0.2, 0.25) is 0 Å². The van der Waals surface area contributed by atoms with Gasteiger partial charge in [0.25, 0.3) is 0 Å². The second-order valence-electron chi connectivity index (χ2n) is 4.35. The maximum Gasteiger partial charge on any atom is 0.320 e. The fourth-order valence-corrected chi connectivity index (χ4v) is 2.12. The van der Waals surface area contributed by atoms with Crippen LogP contribution in [-0.4, -0.2) is 48.3 Å². The van der Waals surface area contributed by atoms with Crippen LogP contribution in [0.5, 0.6) is 0 Å². The number of morpholine rings is 1. The summed E-state index contributed by atoms with van der Waals surface area (Å²) in [5.74, 6) is -0.682. The van der Waals surface area contributed by atoms with Crippen molar-refractivity contribution in [3.8, 4) is 0 Å². The van der Waals surface area contributed by atoms with Crippen molar-refractivity contribution < 1.29 is 14.6 Å². The van der Waals surface area contributed by atoms with E-state index in [1.807, 2.05) is 4.90 Å². The molecule has 1 unspecified atom stereocenters. The maximum atomic E-state index is 11.2. The molecule has 0 bridgehead atoms. The third kappa shape index (κ3) is 4.49. The Hall–Kier alpha value is -0.610. The minimum absolute atomic E-state index is 0.305. The number of ether oxygens (including phenoxy) is 1. The van der Waals surface area contributed by atoms with Crippen molar-refractivity contribution in [2.45, 2.75) is 45.1 Å². The summed E-state index contributed by atoms with van der Waals surface area (Å²) in [5, 5.41) is 9.20. The van der Waals surface area contributed by atoms with Gasteiger partial charge < -0.3 is 9.84 Å². The zero-order chi connectivity index (χ0) is 11.8. The molecular weight excluding hydrogens is 206 g/mol. The van der Waals surface area contributed by atoms with Crippen LogP contribution in [0.3, 0.4) is 0 Å². The molecule has 0 saturated carbocycles. The number of nitrogens with zero attached hydrogens (tertiary/aromatic N) is 1. The van der Waals surface area contributed by atoms with Crippen LogP contribution < -0.4 is 0 Å². The van der Waals surface area contributed by atoms with Gasteiger partial charge >= 0.3 is 5.97 Å².